The second kappa shape index (κ2) is 12.0. The van der Waals surface area contributed by atoms with E-state index in [1.807, 2.05) is 48.5 Å². The summed E-state index contributed by atoms with van der Waals surface area (Å²) >= 11 is 0. The van der Waals surface area contributed by atoms with E-state index in [4.69, 9.17) is 23.9 Å². The topological polar surface area (TPSA) is 66.9 Å². The van der Waals surface area contributed by atoms with Crippen molar-refractivity contribution in [3.63, 3.8) is 0 Å². The molecule has 0 unspecified atom stereocenters. The molecule has 6 nitrogen and oxygen atoms in total. The van der Waals surface area contributed by atoms with Gasteiger partial charge in [0.25, 0.3) is 0 Å². The van der Waals surface area contributed by atoms with Gasteiger partial charge in [-0.15, -0.1) is 0 Å². The molecule has 3 heterocycles. The predicted octanol–water partition coefficient (Wildman–Crippen LogP) is 7.65. The number of aryl methyl sites for hydroxylation is 2. The van der Waals surface area contributed by atoms with Crippen LogP contribution in [0.5, 0.6) is 11.5 Å². The first-order valence-electron chi connectivity index (χ1n) is 14.9. The number of nitrogens with zero attached hydrogens (tertiary/aromatic N) is 1. The molecular formula is C35H41F2NO5. The zero-order valence-corrected chi connectivity index (χ0v) is 26.4. The first-order valence-corrected chi connectivity index (χ1v) is 14.9. The van der Waals surface area contributed by atoms with Gasteiger partial charge in [0.1, 0.15) is 12.7 Å². The van der Waals surface area contributed by atoms with Gasteiger partial charge in [-0.1, -0.05) is 0 Å². The summed E-state index contributed by atoms with van der Waals surface area (Å²) in [6.45, 7) is 14.0. The van der Waals surface area contributed by atoms with Gasteiger partial charge in [-0.25, -0.2) is 8.78 Å². The van der Waals surface area contributed by atoms with Crippen LogP contribution in [0.15, 0.2) is 12.1 Å². The molecule has 0 bridgehead atoms. The Morgan fingerprint density at radius 1 is 0.884 bits per heavy atom. The first-order chi connectivity index (χ1) is 20.3. The minimum atomic E-state index is -1.07. The highest BCUT2D eigenvalue weighted by molar-refractivity contribution is 5.95. The number of ketones is 1. The van der Waals surface area contributed by atoms with Crippen LogP contribution in [0, 0.1) is 39.3 Å². The lowest BCUT2D eigenvalue weighted by molar-refractivity contribution is -0.144. The number of halogens is 2. The zero-order valence-electron chi connectivity index (χ0n) is 26.4. The van der Waals surface area contributed by atoms with Crippen molar-refractivity contribution < 1.29 is 32.5 Å². The smallest absolute Gasteiger partial charge is 0.191 e. The maximum Gasteiger partial charge on any atom is 0.191 e. The van der Waals surface area contributed by atoms with E-state index in [0.29, 0.717) is 65.3 Å². The Balaban J connectivity index is 1.93. The fourth-order valence-electron chi connectivity index (χ4n) is 6.49. The molecule has 43 heavy (non-hydrogen) atoms. The first kappa shape index (κ1) is 31.1. The van der Waals surface area contributed by atoms with E-state index in [9.17, 15) is 4.79 Å². The molecule has 0 aliphatic carbocycles. The van der Waals surface area contributed by atoms with Crippen LogP contribution in [-0.4, -0.2) is 43.3 Å². The van der Waals surface area contributed by atoms with Crippen molar-refractivity contribution >= 4 is 5.78 Å². The number of carbonyl (C=O) groups is 1. The quantitative estimate of drug-likeness (QED) is 0.280. The number of hydrogen-bond donors (Lipinski definition) is 0. The van der Waals surface area contributed by atoms with Gasteiger partial charge in [-0.2, -0.15) is 0 Å². The van der Waals surface area contributed by atoms with E-state index in [-0.39, 0.29) is 23.9 Å². The molecule has 8 heteroatoms. The van der Waals surface area contributed by atoms with Crippen molar-refractivity contribution in [1.29, 1.82) is 0 Å². The largest absolute Gasteiger partial charge is 0.490 e. The van der Waals surface area contributed by atoms with Crippen LogP contribution >= 0.6 is 0 Å². The number of aromatic nitrogens is 1. The van der Waals surface area contributed by atoms with Gasteiger partial charge < -0.3 is 18.9 Å². The minimum Gasteiger partial charge on any atom is -0.490 e. The molecule has 0 N–H and O–H groups in total. The summed E-state index contributed by atoms with van der Waals surface area (Å²) in [5.74, 6) is -0.673. The highest BCUT2D eigenvalue weighted by Crippen LogP contribution is 2.48. The van der Waals surface area contributed by atoms with Gasteiger partial charge >= 0.3 is 0 Å². The molecule has 2 aliphatic rings. The Labute approximate surface area is 252 Å². The lowest BCUT2D eigenvalue weighted by Crippen LogP contribution is -2.30. The fourth-order valence-corrected chi connectivity index (χ4v) is 6.49. The van der Waals surface area contributed by atoms with E-state index >= 15 is 8.78 Å². The highest BCUT2D eigenvalue weighted by atomic mass is 19.1. The Bertz CT molecular complexity index is 1590. The third-order valence-corrected chi connectivity index (χ3v) is 8.33. The molecule has 5 rings (SSSR count). The lowest BCUT2D eigenvalue weighted by atomic mass is 9.80. The molecular weight excluding hydrogens is 552 g/mol. The van der Waals surface area contributed by atoms with Crippen molar-refractivity contribution in [2.24, 2.45) is 0 Å². The number of fused-ring (bicyclic) bond motifs is 2. The average molecular weight is 594 g/mol. The van der Waals surface area contributed by atoms with Crippen molar-refractivity contribution in [2.75, 3.05) is 26.9 Å². The third kappa shape index (κ3) is 5.79. The Kier molecular flexibility index (Phi) is 8.65. The second-order valence-corrected chi connectivity index (χ2v) is 12.5. The second-order valence-electron chi connectivity index (χ2n) is 12.5. The molecule has 230 valence electrons. The molecule has 2 aromatic carbocycles. The van der Waals surface area contributed by atoms with Gasteiger partial charge in [0.05, 0.1) is 18.8 Å². The van der Waals surface area contributed by atoms with E-state index in [1.165, 1.54) is 19.2 Å². The fraction of sp³-hybridized carbons (Fsp3) is 0.486. The summed E-state index contributed by atoms with van der Waals surface area (Å²) in [5, 5.41) is 0. The number of methoxy groups -OCH3 is 1. The number of ether oxygens (including phenoxy) is 4. The van der Waals surface area contributed by atoms with Crippen LogP contribution in [0.4, 0.5) is 8.78 Å². The SMILES string of the molecule is COCC(=O)[C@@H](OC(C)(C)C)c1c(C)nc(C)c(-c2cc(F)c3c(c2C)CCCO3)c1-c1cc(F)c2c(c1C)CCCO2. The third-order valence-electron chi connectivity index (χ3n) is 8.33. The van der Waals surface area contributed by atoms with Crippen LogP contribution in [0.2, 0.25) is 0 Å². The van der Waals surface area contributed by atoms with E-state index < -0.39 is 23.3 Å². The summed E-state index contributed by atoms with van der Waals surface area (Å²) in [5.41, 5.74) is 6.81. The molecule has 2 aliphatic heterocycles. The summed E-state index contributed by atoms with van der Waals surface area (Å²) in [7, 11) is 1.46. The van der Waals surface area contributed by atoms with E-state index in [2.05, 4.69) is 0 Å². The van der Waals surface area contributed by atoms with Crippen LogP contribution in [-0.2, 0) is 27.1 Å². The van der Waals surface area contributed by atoms with Crippen molar-refractivity contribution in [2.45, 2.75) is 85.9 Å². The van der Waals surface area contributed by atoms with E-state index in [0.717, 1.165) is 35.1 Å². The number of rotatable bonds is 7. The highest BCUT2D eigenvalue weighted by Gasteiger charge is 2.35. The molecule has 0 saturated carbocycles. The molecule has 1 atom stereocenters. The predicted molar refractivity (Wildman–Crippen MR) is 162 cm³/mol. The van der Waals surface area contributed by atoms with Crippen molar-refractivity contribution in [3.8, 4) is 33.8 Å². The number of hydrogen-bond acceptors (Lipinski definition) is 6. The molecule has 1 aromatic heterocycles. The average Bonchev–Trinajstić information content (AvgIpc) is 2.95. The monoisotopic (exact) mass is 593 g/mol. The van der Waals surface area contributed by atoms with Gasteiger partial charge in [0.2, 0.25) is 0 Å². The van der Waals surface area contributed by atoms with Crippen LogP contribution < -0.4 is 9.47 Å². The normalized spacial score (nSPS) is 15.3. The molecule has 0 radical (unpaired) electrons. The van der Waals surface area contributed by atoms with Crippen molar-refractivity contribution in [3.05, 3.63) is 63.0 Å². The van der Waals surface area contributed by atoms with Gasteiger partial charge in [0.15, 0.2) is 28.9 Å². The molecule has 0 saturated heterocycles. The van der Waals surface area contributed by atoms with E-state index in [1.54, 1.807) is 0 Å². The lowest BCUT2D eigenvalue weighted by Gasteiger charge is -2.32. The summed E-state index contributed by atoms with van der Waals surface area (Å²) in [6.07, 6.45) is 1.82. The van der Waals surface area contributed by atoms with Gasteiger partial charge in [-0.05, 0) is 114 Å². The van der Waals surface area contributed by atoms with Gasteiger partial charge in [0, 0.05) is 40.8 Å². The number of carbonyl (C=O) groups excluding carboxylic acids is 1. The van der Waals surface area contributed by atoms with Crippen LogP contribution in [0.1, 0.15) is 78.9 Å². The van der Waals surface area contributed by atoms with Gasteiger partial charge in [-0.3, -0.25) is 9.78 Å². The Morgan fingerprint density at radius 2 is 1.40 bits per heavy atom. The maximum absolute atomic E-state index is 15.8. The number of Topliss-reactive ketones (excluding diaryl/α,β-unsaturated/α-hetero) is 1. The Morgan fingerprint density at radius 3 is 1.88 bits per heavy atom. The standard InChI is InChI=1S/C35H41F2NO5/c1-18-22-11-9-13-41-32(22)26(36)15-24(18)29-20(3)38-21(4)30(34(28(39)17-40-8)43-35(5,6)7)31(29)25-16-27(37)33-23(19(25)2)12-10-14-42-33/h15-16,34H,9-14,17H2,1-8H3/t34-/m1/s1. The number of benzene rings is 2. The molecule has 0 spiro atoms. The van der Waals surface area contributed by atoms with Crippen molar-refractivity contribution in [1.82, 2.24) is 4.98 Å². The maximum atomic E-state index is 15.8. The van der Waals surface area contributed by atoms with Crippen LogP contribution in [0.25, 0.3) is 22.3 Å². The summed E-state index contributed by atoms with van der Waals surface area (Å²) in [6, 6.07) is 2.96. The summed E-state index contributed by atoms with van der Waals surface area (Å²) in [4.78, 5) is 18.6. The molecule has 0 amide bonds. The molecule has 0 fully saturated rings. The summed E-state index contributed by atoms with van der Waals surface area (Å²) < 4.78 is 54.8. The zero-order chi connectivity index (χ0) is 31.2. The number of pyridine rings is 1. The molecule has 3 aromatic rings. The minimum absolute atomic E-state index is 0.182. The Hall–Kier alpha value is -3.36. The van der Waals surface area contributed by atoms with Crippen LogP contribution in [0.3, 0.4) is 0 Å².